The Morgan fingerprint density at radius 2 is 1.71 bits per heavy atom. The average molecular weight is 301 g/mol. The van der Waals surface area contributed by atoms with E-state index in [0.717, 1.165) is 31.8 Å². The van der Waals surface area contributed by atoms with Gasteiger partial charge in [-0.1, -0.05) is 27.7 Å². The molecular weight excluding hydrogens is 266 g/mol. The summed E-state index contributed by atoms with van der Waals surface area (Å²) >= 11 is 0. The highest BCUT2D eigenvalue weighted by atomic mass is 16.5. The molecule has 126 valence electrons. The smallest absolute Gasteiger partial charge is 0.293 e. The van der Waals surface area contributed by atoms with Crippen LogP contribution in [0.5, 0.6) is 0 Å². The quantitative estimate of drug-likeness (QED) is 0.739. The van der Waals surface area contributed by atoms with E-state index in [1.54, 1.807) is 0 Å². The maximum atomic E-state index is 11.4. The van der Waals surface area contributed by atoms with Crippen molar-refractivity contribution >= 4 is 12.4 Å². The van der Waals surface area contributed by atoms with Gasteiger partial charge < -0.3 is 9.64 Å². The molecule has 0 spiro atoms. The second kappa shape index (κ2) is 12.7. The summed E-state index contributed by atoms with van der Waals surface area (Å²) in [6.07, 6.45) is 4.09. The zero-order valence-electron chi connectivity index (χ0n) is 15.1. The van der Waals surface area contributed by atoms with Crippen LogP contribution in [0.25, 0.3) is 0 Å². The van der Waals surface area contributed by atoms with Crippen molar-refractivity contribution in [3.63, 3.8) is 0 Å². The number of amides is 1. The summed E-state index contributed by atoms with van der Waals surface area (Å²) in [4.78, 5) is 23.0. The van der Waals surface area contributed by atoms with E-state index >= 15 is 0 Å². The van der Waals surface area contributed by atoms with Crippen molar-refractivity contribution in [1.29, 1.82) is 0 Å². The fourth-order valence-corrected chi connectivity index (χ4v) is 1.77. The maximum Gasteiger partial charge on any atom is 0.293 e. The first kappa shape index (κ1) is 22.2. The van der Waals surface area contributed by atoms with Crippen LogP contribution in [0.2, 0.25) is 0 Å². The first-order chi connectivity index (χ1) is 9.80. The Kier molecular flexibility index (Phi) is 13.4. The molecule has 0 aliphatic carbocycles. The fourth-order valence-electron chi connectivity index (χ4n) is 1.77. The highest BCUT2D eigenvalue weighted by Crippen LogP contribution is 2.16. The Morgan fingerprint density at radius 1 is 1.24 bits per heavy atom. The van der Waals surface area contributed by atoms with Crippen LogP contribution in [0.4, 0.5) is 0 Å². The molecule has 0 N–H and O–H groups in total. The zero-order chi connectivity index (χ0) is 16.9. The van der Waals surface area contributed by atoms with Crippen molar-refractivity contribution in [1.82, 2.24) is 4.90 Å². The van der Waals surface area contributed by atoms with E-state index < -0.39 is 0 Å². The van der Waals surface area contributed by atoms with Crippen LogP contribution in [-0.2, 0) is 14.3 Å². The lowest BCUT2D eigenvalue weighted by molar-refractivity contribution is -0.138. The van der Waals surface area contributed by atoms with Gasteiger partial charge in [0.2, 0.25) is 5.91 Å². The Hall–Kier alpha value is -1.06. The lowest BCUT2D eigenvalue weighted by Crippen LogP contribution is -2.37. The van der Waals surface area contributed by atoms with Crippen LogP contribution in [-0.4, -0.2) is 36.0 Å². The number of carbonyl (C=O) groups excluding carboxylic acids is 2. The highest BCUT2D eigenvalue weighted by Gasteiger charge is 2.18. The van der Waals surface area contributed by atoms with Crippen LogP contribution in [0.3, 0.4) is 0 Å². The molecule has 1 aliphatic heterocycles. The van der Waals surface area contributed by atoms with E-state index in [4.69, 9.17) is 0 Å². The van der Waals surface area contributed by atoms with Crippen molar-refractivity contribution in [2.24, 2.45) is 5.92 Å². The lowest BCUT2D eigenvalue weighted by Gasteiger charge is -2.30. The van der Waals surface area contributed by atoms with Gasteiger partial charge in [0, 0.05) is 19.5 Å². The monoisotopic (exact) mass is 301 g/mol. The van der Waals surface area contributed by atoms with Crippen LogP contribution >= 0.6 is 0 Å². The van der Waals surface area contributed by atoms with Crippen molar-refractivity contribution in [3.8, 4) is 0 Å². The second-order valence-corrected chi connectivity index (χ2v) is 6.14. The molecule has 0 bridgehead atoms. The molecule has 1 fully saturated rings. The molecule has 1 saturated heterocycles. The van der Waals surface area contributed by atoms with Crippen molar-refractivity contribution < 1.29 is 14.3 Å². The number of nitrogens with zero attached hydrogens (tertiary/aromatic N) is 1. The summed E-state index contributed by atoms with van der Waals surface area (Å²) in [5, 5.41) is 0. The zero-order valence-corrected chi connectivity index (χ0v) is 15.1. The molecule has 1 amide bonds. The number of hydrogen-bond donors (Lipinski definition) is 0. The number of rotatable bonds is 3. The first-order valence-electron chi connectivity index (χ1n) is 8.19. The molecule has 0 aromatic heterocycles. The molecule has 1 rings (SSSR count). The van der Waals surface area contributed by atoms with Gasteiger partial charge in [0.15, 0.2) is 0 Å². The van der Waals surface area contributed by atoms with E-state index in [0.29, 0.717) is 12.4 Å². The molecule has 0 radical (unpaired) electrons. The van der Waals surface area contributed by atoms with E-state index in [2.05, 4.69) is 18.6 Å². The minimum absolute atomic E-state index is 0.318. The van der Waals surface area contributed by atoms with Gasteiger partial charge in [-0.25, -0.2) is 0 Å². The Balaban J connectivity index is 0. The predicted octanol–water partition coefficient (Wildman–Crippen LogP) is 4.03. The Labute approximate surface area is 131 Å². The molecular formula is C17H35NO3. The largest absolute Gasteiger partial charge is 0.462 e. The summed E-state index contributed by atoms with van der Waals surface area (Å²) in [6.45, 7) is 16.2. The second-order valence-electron chi connectivity index (χ2n) is 6.14. The van der Waals surface area contributed by atoms with Gasteiger partial charge in [0.1, 0.15) is 5.60 Å². The molecule has 4 heteroatoms. The molecule has 0 atom stereocenters. The van der Waals surface area contributed by atoms with E-state index in [1.807, 2.05) is 39.5 Å². The SMILES string of the molecule is CC.CC(C)(C)OC=O.CCCC(=O)N1CCC(C)CC1. The third-order valence-corrected chi connectivity index (χ3v) is 3.00. The predicted molar refractivity (Wildman–Crippen MR) is 88.1 cm³/mol. The number of ether oxygens (including phenoxy) is 1. The number of likely N-dealkylation sites (tertiary alicyclic amines) is 1. The highest BCUT2D eigenvalue weighted by molar-refractivity contribution is 5.76. The van der Waals surface area contributed by atoms with Gasteiger partial charge in [0.05, 0.1) is 0 Å². The minimum atomic E-state index is -0.318. The maximum absolute atomic E-state index is 11.4. The summed E-state index contributed by atoms with van der Waals surface area (Å²) in [5.41, 5.74) is -0.318. The van der Waals surface area contributed by atoms with Crippen molar-refractivity contribution in [2.75, 3.05) is 13.1 Å². The molecule has 21 heavy (non-hydrogen) atoms. The summed E-state index contributed by atoms with van der Waals surface area (Å²) in [5.74, 6) is 1.17. The molecule has 4 nitrogen and oxygen atoms in total. The van der Waals surface area contributed by atoms with Crippen molar-refractivity contribution in [3.05, 3.63) is 0 Å². The summed E-state index contributed by atoms with van der Waals surface area (Å²) < 4.78 is 4.55. The van der Waals surface area contributed by atoms with E-state index in [-0.39, 0.29) is 5.60 Å². The molecule has 1 aliphatic rings. The number of carbonyl (C=O) groups is 2. The molecule has 0 unspecified atom stereocenters. The van der Waals surface area contributed by atoms with Gasteiger partial charge in [-0.3, -0.25) is 9.59 Å². The first-order valence-corrected chi connectivity index (χ1v) is 8.19. The van der Waals surface area contributed by atoms with E-state index in [9.17, 15) is 9.59 Å². The van der Waals surface area contributed by atoms with Crippen LogP contribution in [0, 0.1) is 5.92 Å². The normalized spacial score (nSPS) is 15.1. The van der Waals surface area contributed by atoms with E-state index in [1.165, 1.54) is 12.8 Å². The summed E-state index contributed by atoms with van der Waals surface area (Å²) in [7, 11) is 0. The number of piperidine rings is 1. The lowest BCUT2D eigenvalue weighted by atomic mass is 9.99. The Bertz CT molecular complexity index is 264. The van der Waals surface area contributed by atoms with Gasteiger partial charge in [-0.2, -0.15) is 0 Å². The average Bonchev–Trinajstić information content (AvgIpc) is 2.41. The van der Waals surface area contributed by atoms with Crippen LogP contribution in [0.1, 0.15) is 74.1 Å². The van der Waals surface area contributed by atoms with Gasteiger partial charge in [-0.05, 0) is 46.0 Å². The standard InChI is InChI=1S/C10H19NO.C5H10O2.C2H6/c1-3-4-10(12)11-7-5-9(2)6-8-11;1-5(2,3)7-4-6;1-2/h9H,3-8H2,1-2H3;4H,1-3H3;1-2H3. The van der Waals surface area contributed by atoms with Crippen molar-refractivity contribution in [2.45, 2.75) is 79.8 Å². The number of hydrogen-bond acceptors (Lipinski definition) is 3. The summed E-state index contributed by atoms with van der Waals surface area (Å²) in [6, 6.07) is 0. The fraction of sp³-hybridized carbons (Fsp3) is 0.882. The van der Waals surface area contributed by atoms with Gasteiger partial charge >= 0.3 is 0 Å². The third kappa shape index (κ3) is 13.7. The topological polar surface area (TPSA) is 46.6 Å². The molecule has 0 aromatic carbocycles. The molecule has 1 heterocycles. The molecule has 0 aromatic rings. The van der Waals surface area contributed by atoms with Crippen LogP contribution < -0.4 is 0 Å². The van der Waals surface area contributed by atoms with Gasteiger partial charge in [0.25, 0.3) is 6.47 Å². The third-order valence-electron chi connectivity index (χ3n) is 3.00. The Morgan fingerprint density at radius 3 is 2.00 bits per heavy atom. The minimum Gasteiger partial charge on any atom is -0.462 e. The van der Waals surface area contributed by atoms with Crippen LogP contribution in [0.15, 0.2) is 0 Å². The molecule has 0 saturated carbocycles. The van der Waals surface area contributed by atoms with Gasteiger partial charge in [-0.15, -0.1) is 0 Å².